The number of benzene rings is 1. The minimum Gasteiger partial charge on any atom is -0.489 e. The average Bonchev–Trinajstić information content (AvgIpc) is 2.30. The second-order valence-corrected chi connectivity index (χ2v) is 5.27. The molecule has 1 rings (SSSR count). The Morgan fingerprint density at radius 3 is 2.53 bits per heavy atom. The van der Waals surface area contributed by atoms with Crippen molar-refractivity contribution in [3.63, 3.8) is 0 Å². The summed E-state index contributed by atoms with van der Waals surface area (Å²) < 4.78 is 5.68. The highest BCUT2D eigenvalue weighted by Crippen LogP contribution is 2.25. The molecule has 1 aromatic carbocycles. The molecular formula is C15H24N2O2. The highest BCUT2D eigenvalue weighted by Gasteiger charge is 2.26. The molecule has 106 valence electrons. The highest BCUT2D eigenvalue weighted by atomic mass is 16.5. The van der Waals surface area contributed by atoms with E-state index in [-0.39, 0.29) is 12.0 Å². The molecule has 0 saturated carbocycles. The number of ether oxygens (including phenoxy) is 1. The Kier molecular flexibility index (Phi) is 5.36. The number of hydrogen-bond donors (Lipinski definition) is 2. The lowest BCUT2D eigenvalue weighted by atomic mass is 10.0. The minimum absolute atomic E-state index is 0.0693. The number of nitrogens with one attached hydrogen (secondary N) is 2. The van der Waals surface area contributed by atoms with E-state index in [1.165, 1.54) is 0 Å². The first kappa shape index (κ1) is 15.5. The van der Waals surface area contributed by atoms with Crippen molar-refractivity contribution >= 4 is 11.6 Å². The molecule has 1 amide bonds. The molecule has 4 heteroatoms. The van der Waals surface area contributed by atoms with Crippen LogP contribution in [0.3, 0.4) is 0 Å². The molecule has 0 unspecified atom stereocenters. The minimum atomic E-state index is -0.611. The molecule has 0 fully saturated rings. The second-order valence-electron chi connectivity index (χ2n) is 5.27. The maximum absolute atomic E-state index is 12.2. The summed E-state index contributed by atoms with van der Waals surface area (Å²) in [5.41, 5.74) is 0.0897. The van der Waals surface area contributed by atoms with E-state index in [0.717, 1.165) is 6.54 Å². The second kappa shape index (κ2) is 6.57. The van der Waals surface area contributed by atoms with Crippen LogP contribution in [0, 0.1) is 0 Å². The normalized spacial score (nSPS) is 11.5. The lowest BCUT2D eigenvalue weighted by molar-refractivity contribution is -0.121. The van der Waals surface area contributed by atoms with Crippen molar-refractivity contribution in [2.75, 3.05) is 11.9 Å². The van der Waals surface area contributed by atoms with Crippen LogP contribution >= 0.6 is 0 Å². The number of carbonyl (C=O) groups is 1. The van der Waals surface area contributed by atoms with Crippen molar-refractivity contribution in [3.05, 3.63) is 24.3 Å². The van der Waals surface area contributed by atoms with Crippen LogP contribution in [0.2, 0.25) is 0 Å². The van der Waals surface area contributed by atoms with Crippen LogP contribution in [0.15, 0.2) is 24.3 Å². The topological polar surface area (TPSA) is 50.4 Å². The Morgan fingerprint density at radius 1 is 1.32 bits per heavy atom. The molecule has 0 aliphatic rings. The van der Waals surface area contributed by atoms with E-state index >= 15 is 0 Å². The van der Waals surface area contributed by atoms with Gasteiger partial charge in [-0.2, -0.15) is 0 Å². The molecule has 1 aromatic rings. The van der Waals surface area contributed by atoms with Crippen LogP contribution in [0.5, 0.6) is 5.75 Å². The van der Waals surface area contributed by atoms with Gasteiger partial charge in [0.2, 0.25) is 5.91 Å². The molecule has 0 atom stereocenters. The zero-order valence-corrected chi connectivity index (χ0v) is 12.4. The first-order valence-corrected chi connectivity index (χ1v) is 6.69. The van der Waals surface area contributed by atoms with Gasteiger partial charge >= 0.3 is 0 Å². The van der Waals surface area contributed by atoms with Gasteiger partial charge in [0.15, 0.2) is 0 Å². The molecule has 0 spiro atoms. The van der Waals surface area contributed by atoms with Crippen molar-refractivity contribution in [3.8, 4) is 5.75 Å². The molecule has 0 aliphatic carbocycles. The maximum atomic E-state index is 12.2. The van der Waals surface area contributed by atoms with Gasteiger partial charge in [0.25, 0.3) is 0 Å². The molecular weight excluding hydrogens is 240 g/mol. The lowest BCUT2D eigenvalue weighted by Gasteiger charge is -2.25. The van der Waals surface area contributed by atoms with Gasteiger partial charge in [-0.15, -0.1) is 0 Å². The number of hydrogen-bond acceptors (Lipinski definition) is 3. The average molecular weight is 264 g/mol. The molecule has 0 aliphatic heterocycles. The third-order valence-corrected chi connectivity index (χ3v) is 2.68. The number of likely N-dealkylation sites (N-methyl/N-ethyl adjacent to an activating group) is 1. The first-order valence-electron chi connectivity index (χ1n) is 6.69. The summed E-state index contributed by atoms with van der Waals surface area (Å²) >= 11 is 0. The van der Waals surface area contributed by atoms with Gasteiger partial charge in [-0.25, -0.2) is 0 Å². The summed E-state index contributed by atoms with van der Waals surface area (Å²) in [6.45, 7) is 10.4. The van der Waals surface area contributed by atoms with Gasteiger partial charge < -0.3 is 15.4 Å². The van der Waals surface area contributed by atoms with E-state index in [1.54, 1.807) is 0 Å². The maximum Gasteiger partial charge on any atom is 0.244 e. The standard InChI is InChI=1S/C15H24N2O2/c1-6-16-15(4,5)14(18)17-12-9-7-8-10-13(12)19-11(2)3/h7-11,16H,6H2,1-5H3,(H,17,18). The van der Waals surface area contributed by atoms with Crippen molar-refractivity contribution in [2.24, 2.45) is 0 Å². The zero-order chi connectivity index (χ0) is 14.5. The Morgan fingerprint density at radius 2 is 1.95 bits per heavy atom. The predicted octanol–water partition coefficient (Wildman–Crippen LogP) is 2.80. The van der Waals surface area contributed by atoms with E-state index < -0.39 is 5.54 Å². The number of anilines is 1. The van der Waals surface area contributed by atoms with Crippen molar-refractivity contribution in [1.82, 2.24) is 5.32 Å². The summed E-state index contributed by atoms with van der Waals surface area (Å²) in [5, 5.41) is 6.06. The number of amides is 1. The van der Waals surface area contributed by atoms with Crippen LogP contribution in [0.1, 0.15) is 34.6 Å². The van der Waals surface area contributed by atoms with Gasteiger partial charge in [-0.3, -0.25) is 4.79 Å². The molecule has 19 heavy (non-hydrogen) atoms. The van der Waals surface area contributed by atoms with Gasteiger partial charge in [0.05, 0.1) is 17.3 Å². The van der Waals surface area contributed by atoms with E-state index in [9.17, 15) is 4.79 Å². The fourth-order valence-electron chi connectivity index (χ4n) is 1.73. The first-order chi connectivity index (χ1) is 8.86. The number of para-hydroxylation sites is 2. The van der Waals surface area contributed by atoms with Crippen molar-refractivity contribution in [1.29, 1.82) is 0 Å². The predicted molar refractivity (Wildman–Crippen MR) is 78.6 cm³/mol. The third kappa shape index (κ3) is 4.56. The van der Waals surface area contributed by atoms with Crippen molar-refractivity contribution in [2.45, 2.75) is 46.3 Å². The Hall–Kier alpha value is -1.55. The fourth-order valence-corrected chi connectivity index (χ4v) is 1.73. The summed E-state index contributed by atoms with van der Waals surface area (Å²) in [6.07, 6.45) is 0.0693. The third-order valence-electron chi connectivity index (χ3n) is 2.68. The Bertz CT molecular complexity index is 428. The summed E-state index contributed by atoms with van der Waals surface area (Å²) in [4.78, 5) is 12.2. The van der Waals surface area contributed by atoms with Crippen LogP contribution in [-0.4, -0.2) is 24.1 Å². The van der Waals surface area contributed by atoms with Gasteiger partial charge in [0, 0.05) is 0 Å². The molecule has 0 aromatic heterocycles. The number of carbonyl (C=O) groups excluding carboxylic acids is 1. The monoisotopic (exact) mass is 264 g/mol. The Labute approximate surface area is 115 Å². The van der Waals surface area contributed by atoms with E-state index in [4.69, 9.17) is 4.74 Å². The quantitative estimate of drug-likeness (QED) is 0.830. The van der Waals surface area contributed by atoms with Crippen LogP contribution < -0.4 is 15.4 Å². The van der Waals surface area contributed by atoms with E-state index in [0.29, 0.717) is 11.4 Å². The Balaban J connectivity index is 2.84. The molecule has 0 saturated heterocycles. The van der Waals surface area contributed by atoms with Crippen molar-refractivity contribution < 1.29 is 9.53 Å². The zero-order valence-electron chi connectivity index (χ0n) is 12.4. The summed E-state index contributed by atoms with van der Waals surface area (Å²) in [5.74, 6) is 0.618. The van der Waals surface area contributed by atoms with E-state index in [2.05, 4.69) is 10.6 Å². The lowest BCUT2D eigenvalue weighted by Crippen LogP contribution is -2.49. The largest absolute Gasteiger partial charge is 0.489 e. The van der Waals surface area contributed by atoms with Gasteiger partial charge in [-0.1, -0.05) is 19.1 Å². The van der Waals surface area contributed by atoms with E-state index in [1.807, 2.05) is 58.9 Å². The molecule has 0 radical (unpaired) electrons. The van der Waals surface area contributed by atoms with Gasteiger partial charge in [0.1, 0.15) is 5.75 Å². The molecule has 0 heterocycles. The highest BCUT2D eigenvalue weighted by molar-refractivity contribution is 5.98. The van der Waals surface area contributed by atoms with Crippen LogP contribution in [-0.2, 0) is 4.79 Å². The van der Waals surface area contributed by atoms with Crippen LogP contribution in [0.25, 0.3) is 0 Å². The SMILES string of the molecule is CCNC(C)(C)C(=O)Nc1ccccc1OC(C)C. The fraction of sp³-hybridized carbons (Fsp3) is 0.533. The summed E-state index contributed by atoms with van der Waals surface area (Å²) in [7, 11) is 0. The molecule has 4 nitrogen and oxygen atoms in total. The van der Waals surface area contributed by atoms with Gasteiger partial charge in [-0.05, 0) is 46.4 Å². The number of rotatable bonds is 6. The molecule has 2 N–H and O–H groups in total. The van der Waals surface area contributed by atoms with Crippen LogP contribution in [0.4, 0.5) is 5.69 Å². The smallest absolute Gasteiger partial charge is 0.244 e. The molecule has 0 bridgehead atoms. The summed E-state index contributed by atoms with van der Waals surface area (Å²) in [6, 6.07) is 7.47.